The molecule has 1 aliphatic rings. The van der Waals surface area contributed by atoms with Crippen LogP contribution in [0, 0.1) is 5.92 Å². The van der Waals surface area contributed by atoms with Gasteiger partial charge in [0, 0.05) is 22.0 Å². The van der Waals surface area contributed by atoms with E-state index < -0.39 is 29.2 Å². The Labute approximate surface area is 121 Å². The summed E-state index contributed by atoms with van der Waals surface area (Å²) in [6, 6.07) is 7.45. The van der Waals surface area contributed by atoms with Crippen molar-refractivity contribution < 1.29 is 19.8 Å². The second-order valence-corrected chi connectivity index (χ2v) is 6.31. The van der Waals surface area contributed by atoms with Crippen molar-refractivity contribution in [2.75, 3.05) is 0 Å². The first kappa shape index (κ1) is 13.7. The zero-order chi connectivity index (χ0) is 15.4. The molecule has 0 saturated carbocycles. The van der Waals surface area contributed by atoms with Gasteiger partial charge in [-0.2, -0.15) is 0 Å². The van der Waals surface area contributed by atoms with Gasteiger partial charge in [-0.1, -0.05) is 32.0 Å². The molecule has 3 N–H and O–H groups in total. The Hall–Kier alpha value is -2.30. The lowest BCUT2D eigenvalue weighted by Crippen LogP contribution is -2.39. The van der Waals surface area contributed by atoms with E-state index in [2.05, 4.69) is 4.98 Å². The predicted molar refractivity (Wildman–Crippen MR) is 77.4 cm³/mol. The lowest BCUT2D eigenvalue weighted by atomic mass is 9.66. The quantitative estimate of drug-likeness (QED) is 0.792. The number of carboxylic acid groups (broad SMARTS) is 2. The zero-order valence-electron chi connectivity index (χ0n) is 11.9. The number of fused-ring (bicyclic) bond motifs is 3. The zero-order valence-corrected chi connectivity index (χ0v) is 11.9. The van der Waals surface area contributed by atoms with Gasteiger partial charge in [-0.05, 0) is 18.1 Å². The van der Waals surface area contributed by atoms with E-state index in [1.54, 1.807) is 0 Å². The number of aromatic amines is 1. The molecule has 2 atom stereocenters. The first-order valence-electron chi connectivity index (χ1n) is 6.89. The van der Waals surface area contributed by atoms with Gasteiger partial charge in [0.15, 0.2) is 0 Å². The third kappa shape index (κ3) is 1.92. The number of rotatable bonds is 2. The maximum absolute atomic E-state index is 11.7. The molecule has 0 amide bonds. The smallest absolute Gasteiger partial charge is 0.311 e. The molecule has 5 heteroatoms. The highest BCUT2D eigenvalue weighted by Gasteiger charge is 2.47. The highest BCUT2D eigenvalue weighted by Crippen LogP contribution is 2.48. The van der Waals surface area contributed by atoms with E-state index >= 15 is 0 Å². The molecule has 110 valence electrons. The number of carboxylic acids is 2. The molecule has 0 saturated heterocycles. The summed E-state index contributed by atoms with van der Waals surface area (Å²) in [5, 5.41) is 19.8. The maximum atomic E-state index is 11.7. The third-order valence-corrected chi connectivity index (χ3v) is 4.45. The number of para-hydroxylation sites is 1. The van der Waals surface area contributed by atoms with Gasteiger partial charge < -0.3 is 15.2 Å². The van der Waals surface area contributed by atoms with E-state index in [1.807, 2.05) is 38.1 Å². The van der Waals surface area contributed by atoms with Crippen LogP contribution in [0.5, 0.6) is 0 Å². The number of aliphatic carboxylic acids is 2. The molecule has 0 radical (unpaired) electrons. The van der Waals surface area contributed by atoms with Gasteiger partial charge in [-0.25, -0.2) is 0 Å². The van der Waals surface area contributed by atoms with Crippen LogP contribution in [0.1, 0.15) is 37.4 Å². The van der Waals surface area contributed by atoms with Gasteiger partial charge in [0.05, 0.1) is 11.8 Å². The standard InChI is InChI=1S/C16H17NO4/c1-16(2)7-9(14(18)19)12(15(20)21)11-8-5-3-4-6-10(8)17-13(11)16/h3-6,9,12,17H,7H2,1-2H3,(H,18,19)(H,20,21)/t9-,12+/m1/s1. The van der Waals surface area contributed by atoms with E-state index in [1.165, 1.54) is 0 Å². The molecule has 0 fully saturated rings. The van der Waals surface area contributed by atoms with Crippen molar-refractivity contribution >= 4 is 22.8 Å². The number of benzene rings is 1. The second-order valence-electron chi connectivity index (χ2n) is 6.31. The van der Waals surface area contributed by atoms with E-state index in [9.17, 15) is 19.8 Å². The molecule has 0 aliphatic heterocycles. The fourth-order valence-corrected chi connectivity index (χ4v) is 3.52. The van der Waals surface area contributed by atoms with Crippen LogP contribution in [0.15, 0.2) is 24.3 Å². The molecule has 3 rings (SSSR count). The molecule has 0 spiro atoms. The first-order chi connectivity index (χ1) is 9.83. The average Bonchev–Trinajstić information content (AvgIpc) is 2.78. The van der Waals surface area contributed by atoms with Gasteiger partial charge in [-0.3, -0.25) is 9.59 Å². The van der Waals surface area contributed by atoms with Gasteiger partial charge in [0.25, 0.3) is 0 Å². The van der Waals surface area contributed by atoms with Crippen molar-refractivity contribution in [3.05, 3.63) is 35.5 Å². The van der Waals surface area contributed by atoms with Crippen LogP contribution in [-0.2, 0) is 15.0 Å². The topological polar surface area (TPSA) is 90.4 Å². The van der Waals surface area contributed by atoms with Crippen LogP contribution >= 0.6 is 0 Å². The lowest BCUT2D eigenvalue weighted by Gasteiger charge is -2.37. The van der Waals surface area contributed by atoms with Crippen molar-refractivity contribution in [3.8, 4) is 0 Å². The normalized spacial score (nSPS) is 23.7. The molecule has 21 heavy (non-hydrogen) atoms. The van der Waals surface area contributed by atoms with Crippen molar-refractivity contribution in [2.45, 2.75) is 31.6 Å². The Balaban J connectivity index is 2.35. The van der Waals surface area contributed by atoms with Gasteiger partial charge in [0.2, 0.25) is 0 Å². The molecule has 1 aliphatic carbocycles. The van der Waals surface area contributed by atoms with Crippen molar-refractivity contribution in [1.29, 1.82) is 0 Å². The minimum atomic E-state index is -1.08. The van der Waals surface area contributed by atoms with Crippen molar-refractivity contribution in [1.82, 2.24) is 4.98 Å². The average molecular weight is 287 g/mol. The van der Waals surface area contributed by atoms with Crippen LogP contribution in [0.3, 0.4) is 0 Å². The Kier molecular flexibility index (Phi) is 2.83. The van der Waals surface area contributed by atoms with Gasteiger partial charge in [-0.15, -0.1) is 0 Å². The monoisotopic (exact) mass is 287 g/mol. The highest BCUT2D eigenvalue weighted by atomic mass is 16.4. The highest BCUT2D eigenvalue weighted by molar-refractivity contribution is 5.94. The molecule has 5 nitrogen and oxygen atoms in total. The molecule has 0 bridgehead atoms. The van der Waals surface area contributed by atoms with E-state index in [-0.39, 0.29) is 0 Å². The summed E-state index contributed by atoms with van der Waals surface area (Å²) in [5.41, 5.74) is 1.92. The molecule has 1 aromatic carbocycles. The van der Waals surface area contributed by atoms with Crippen LogP contribution in [0.25, 0.3) is 10.9 Å². The summed E-state index contributed by atoms with van der Waals surface area (Å²) in [5.74, 6) is -4.05. The Bertz CT molecular complexity index is 744. The number of hydrogen-bond donors (Lipinski definition) is 3. The number of aromatic nitrogens is 1. The SMILES string of the molecule is CC1(C)C[C@@H](C(=O)O)[C@H](C(=O)O)c2c1[nH]c1ccccc21. The molecule has 0 unspecified atom stereocenters. The maximum Gasteiger partial charge on any atom is 0.311 e. The molecule has 2 aromatic rings. The summed E-state index contributed by atoms with van der Waals surface area (Å²) in [7, 11) is 0. The number of H-pyrrole nitrogens is 1. The summed E-state index contributed by atoms with van der Waals surface area (Å²) >= 11 is 0. The molecule has 1 heterocycles. The summed E-state index contributed by atoms with van der Waals surface area (Å²) in [6.07, 6.45) is 0.305. The Morgan fingerprint density at radius 3 is 2.48 bits per heavy atom. The minimum Gasteiger partial charge on any atom is -0.481 e. The van der Waals surface area contributed by atoms with Gasteiger partial charge >= 0.3 is 11.9 Å². The predicted octanol–water partition coefficient (Wildman–Crippen LogP) is 2.72. The summed E-state index contributed by atoms with van der Waals surface area (Å²) in [4.78, 5) is 26.6. The molecule has 1 aromatic heterocycles. The Morgan fingerprint density at radius 2 is 1.86 bits per heavy atom. The Morgan fingerprint density at radius 1 is 1.19 bits per heavy atom. The van der Waals surface area contributed by atoms with Crippen LogP contribution < -0.4 is 0 Å². The summed E-state index contributed by atoms with van der Waals surface area (Å²) in [6.45, 7) is 3.91. The second kappa shape index (κ2) is 4.35. The van der Waals surface area contributed by atoms with Crippen LogP contribution in [0.2, 0.25) is 0 Å². The van der Waals surface area contributed by atoms with Crippen LogP contribution in [-0.4, -0.2) is 27.1 Å². The lowest BCUT2D eigenvalue weighted by molar-refractivity contribution is -0.151. The number of carbonyl (C=O) groups is 2. The summed E-state index contributed by atoms with van der Waals surface area (Å²) < 4.78 is 0. The number of hydrogen-bond acceptors (Lipinski definition) is 2. The van der Waals surface area contributed by atoms with Crippen molar-refractivity contribution in [2.24, 2.45) is 5.92 Å². The van der Waals surface area contributed by atoms with Crippen LogP contribution in [0.4, 0.5) is 0 Å². The largest absolute Gasteiger partial charge is 0.481 e. The third-order valence-electron chi connectivity index (χ3n) is 4.45. The first-order valence-corrected chi connectivity index (χ1v) is 6.89. The molecular weight excluding hydrogens is 270 g/mol. The minimum absolute atomic E-state index is 0.305. The fourth-order valence-electron chi connectivity index (χ4n) is 3.52. The number of nitrogens with one attached hydrogen (secondary N) is 1. The van der Waals surface area contributed by atoms with E-state index in [4.69, 9.17) is 0 Å². The van der Waals surface area contributed by atoms with E-state index in [0.29, 0.717) is 12.0 Å². The molecular formula is C16H17NO4. The fraction of sp³-hybridized carbons (Fsp3) is 0.375. The van der Waals surface area contributed by atoms with Gasteiger partial charge in [0.1, 0.15) is 0 Å². The van der Waals surface area contributed by atoms with Crippen molar-refractivity contribution in [3.63, 3.8) is 0 Å². The van der Waals surface area contributed by atoms with E-state index in [0.717, 1.165) is 16.6 Å².